The molecule has 0 unspecified atom stereocenters. The van der Waals surface area contributed by atoms with E-state index in [-0.39, 0.29) is 0 Å². The lowest BCUT2D eigenvalue weighted by atomic mass is 10.3. The topological polar surface area (TPSA) is 56.8 Å². The first-order chi connectivity index (χ1) is 7.45. The second-order valence-electron chi connectivity index (χ2n) is 3.67. The van der Waals surface area contributed by atoms with Gasteiger partial charge in [-0.3, -0.25) is 0 Å². The van der Waals surface area contributed by atoms with E-state index in [1.165, 1.54) is 0 Å². The highest BCUT2D eigenvalue weighted by molar-refractivity contribution is 5.85. The second-order valence-corrected chi connectivity index (χ2v) is 3.67. The molecular weight excluding hydrogens is 190 g/mol. The molecule has 0 bridgehead atoms. The van der Waals surface area contributed by atoms with Crippen molar-refractivity contribution in [1.82, 2.24) is 20.3 Å². The van der Waals surface area contributed by atoms with Gasteiger partial charge in [-0.05, 0) is 6.07 Å². The summed E-state index contributed by atoms with van der Waals surface area (Å²) in [6.07, 6.45) is 3.54. The molecule has 0 atom stereocenters. The lowest BCUT2D eigenvalue weighted by Crippen LogP contribution is -2.44. The Bertz CT molecular complexity index is 458. The number of nitrogens with zero attached hydrogens (tertiary/aromatic N) is 3. The number of aromatic amines is 1. The van der Waals surface area contributed by atoms with Crippen LogP contribution in [0, 0.1) is 0 Å². The molecule has 0 saturated carbocycles. The number of hydrogen-bond donors (Lipinski definition) is 2. The molecule has 3 rings (SSSR count). The van der Waals surface area contributed by atoms with Crippen LogP contribution >= 0.6 is 0 Å². The monoisotopic (exact) mass is 203 g/mol. The van der Waals surface area contributed by atoms with E-state index in [1.54, 1.807) is 6.33 Å². The standard InChI is InChI=1S/C10H13N5/c1-2-12-9-8(1)13-7-14-10(9)15-5-3-11-4-6-15/h1-2,7,11-12H,3-6H2. The van der Waals surface area contributed by atoms with Crippen LogP contribution < -0.4 is 10.2 Å². The van der Waals surface area contributed by atoms with Crippen molar-refractivity contribution in [3.8, 4) is 0 Å². The Hall–Kier alpha value is -1.62. The summed E-state index contributed by atoms with van der Waals surface area (Å²) in [6, 6.07) is 1.97. The first-order valence-corrected chi connectivity index (χ1v) is 5.19. The first kappa shape index (κ1) is 8.67. The quantitative estimate of drug-likeness (QED) is 0.703. The summed E-state index contributed by atoms with van der Waals surface area (Å²) in [5, 5.41) is 3.33. The molecule has 15 heavy (non-hydrogen) atoms. The van der Waals surface area contributed by atoms with Crippen LogP contribution in [0.2, 0.25) is 0 Å². The smallest absolute Gasteiger partial charge is 0.156 e. The molecule has 1 fully saturated rings. The van der Waals surface area contributed by atoms with Crippen LogP contribution in [0.3, 0.4) is 0 Å². The summed E-state index contributed by atoms with van der Waals surface area (Å²) in [4.78, 5) is 14.1. The minimum absolute atomic E-state index is 0.985. The molecule has 0 radical (unpaired) electrons. The molecule has 0 amide bonds. The fraction of sp³-hybridized carbons (Fsp3) is 0.400. The van der Waals surface area contributed by atoms with Gasteiger partial charge in [0.25, 0.3) is 0 Å². The van der Waals surface area contributed by atoms with Crippen molar-refractivity contribution in [3.05, 3.63) is 18.6 Å². The highest BCUT2D eigenvalue weighted by atomic mass is 15.2. The van der Waals surface area contributed by atoms with E-state index < -0.39 is 0 Å². The number of piperazine rings is 1. The van der Waals surface area contributed by atoms with Gasteiger partial charge in [0, 0.05) is 32.4 Å². The zero-order valence-electron chi connectivity index (χ0n) is 8.40. The number of fused-ring (bicyclic) bond motifs is 1. The zero-order chi connectivity index (χ0) is 10.1. The van der Waals surface area contributed by atoms with Crippen molar-refractivity contribution in [2.75, 3.05) is 31.1 Å². The maximum atomic E-state index is 4.36. The Balaban J connectivity index is 2.05. The Morgan fingerprint density at radius 3 is 2.93 bits per heavy atom. The molecule has 5 nitrogen and oxygen atoms in total. The molecule has 1 aliphatic rings. The zero-order valence-corrected chi connectivity index (χ0v) is 8.40. The van der Waals surface area contributed by atoms with E-state index in [0.717, 1.165) is 43.0 Å². The minimum atomic E-state index is 0.985. The molecule has 0 aliphatic carbocycles. The largest absolute Gasteiger partial charge is 0.357 e. The van der Waals surface area contributed by atoms with Crippen LogP contribution in [-0.2, 0) is 0 Å². The van der Waals surface area contributed by atoms with Crippen LogP contribution in [0.15, 0.2) is 18.6 Å². The highest BCUT2D eigenvalue weighted by Crippen LogP contribution is 2.20. The summed E-state index contributed by atoms with van der Waals surface area (Å²) < 4.78 is 0. The van der Waals surface area contributed by atoms with Gasteiger partial charge in [-0.15, -0.1) is 0 Å². The molecule has 0 spiro atoms. The number of rotatable bonds is 1. The number of aromatic nitrogens is 3. The lowest BCUT2D eigenvalue weighted by Gasteiger charge is -2.28. The van der Waals surface area contributed by atoms with Crippen molar-refractivity contribution in [2.45, 2.75) is 0 Å². The van der Waals surface area contributed by atoms with Gasteiger partial charge in [0.1, 0.15) is 11.8 Å². The number of hydrogen-bond acceptors (Lipinski definition) is 4. The van der Waals surface area contributed by atoms with Crippen LogP contribution in [0.1, 0.15) is 0 Å². The van der Waals surface area contributed by atoms with E-state index in [1.807, 2.05) is 12.3 Å². The Kier molecular flexibility index (Phi) is 2.03. The molecule has 1 saturated heterocycles. The predicted molar refractivity (Wildman–Crippen MR) is 59.0 cm³/mol. The molecule has 1 aliphatic heterocycles. The van der Waals surface area contributed by atoms with Crippen LogP contribution in [0.25, 0.3) is 11.0 Å². The van der Waals surface area contributed by atoms with E-state index >= 15 is 0 Å². The van der Waals surface area contributed by atoms with Crippen molar-refractivity contribution in [2.24, 2.45) is 0 Å². The van der Waals surface area contributed by atoms with Gasteiger partial charge in [0.05, 0.1) is 5.52 Å². The molecule has 2 aromatic rings. The molecule has 2 N–H and O–H groups in total. The van der Waals surface area contributed by atoms with Gasteiger partial charge in [0.15, 0.2) is 5.82 Å². The first-order valence-electron chi connectivity index (χ1n) is 5.19. The molecule has 5 heteroatoms. The SMILES string of the molecule is c1nc(N2CCNCC2)c2[nH]ccc2n1. The highest BCUT2D eigenvalue weighted by Gasteiger charge is 2.14. The van der Waals surface area contributed by atoms with E-state index in [4.69, 9.17) is 0 Å². The number of H-pyrrole nitrogens is 1. The second kappa shape index (κ2) is 3.51. The molecule has 0 aromatic carbocycles. The molecule has 3 heterocycles. The Morgan fingerprint density at radius 1 is 1.20 bits per heavy atom. The molecule has 2 aromatic heterocycles. The maximum absolute atomic E-state index is 4.36. The number of anilines is 1. The van der Waals surface area contributed by atoms with Gasteiger partial charge in [-0.2, -0.15) is 0 Å². The van der Waals surface area contributed by atoms with Crippen molar-refractivity contribution >= 4 is 16.9 Å². The van der Waals surface area contributed by atoms with Crippen molar-refractivity contribution < 1.29 is 0 Å². The number of nitrogens with one attached hydrogen (secondary N) is 2. The third kappa shape index (κ3) is 1.45. The maximum Gasteiger partial charge on any atom is 0.156 e. The fourth-order valence-corrected chi connectivity index (χ4v) is 1.97. The normalized spacial score (nSPS) is 17.2. The average molecular weight is 203 g/mol. The summed E-state index contributed by atoms with van der Waals surface area (Å²) in [5.74, 6) is 1.02. The molecular formula is C10H13N5. The van der Waals surface area contributed by atoms with Gasteiger partial charge in [-0.25, -0.2) is 9.97 Å². The summed E-state index contributed by atoms with van der Waals surface area (Å²) in [6.45, 7) is 4.05. The predicted octanol–water partition coefficient (Wildman–Crippen LogP) is 0.367. The van der Waals surface area contributed by atoms with Crippen LogP contribution in [-0.4, -0.2) is 41.1 Å². The summed E-state index contributed by atoms with van der Waals surface area (Å²) >= 11 is 0. The van der Waals surface area contributed by atoms with Crippen LogP contribution in [0.4, 0.5) is 5.82 Å². The van der Waals surface area contributed by atoms with Gasteiger partial charge < -0.3 is 15.2 Å². The average Bonchev–Trinajstić information content (AvgIpc) is 2.78. The summed E-state index contributed by atoms with van der Waals surface area (Å²) in [7, 11) is 0. The van der Waals surface area contributed by atoms with Crippen molar-refractivity contribution in [1.29, 1.82) is 0 Å². The Labute approximate surface area is 87.5 Å². The van der Waals surface area contributed by atoms with Crippen LogP contribution in [0.5, 0.6) is 0 Å². The van der Waals surface area contributed by atoms with Gasteiger partial charge >= 0.3 is 0 Å². The third-order valence-electron chi connectivity index (χ3n) is 2.74. The van der Waals surface area contributed by atoms with E-state index in [0.29, 0.717) is 0 Å². The van der Waals surface area contributed by atoms with Gasteiger partial charge in [0.2, 0.25) is 0 Å². The third-order valence-corrected chi connectivity index (χ3v) is 2.74. The van der Waals surface area contributed by atoms with E-state index in [9.17, 15) is 0 Å². The lowest BCUT2D eigenvalue weighted by molar-refractivity contribution is 0.586. The Morgan fingerprint density at radius 2 is 2.07 bits per heavy atom. The van der Waals surface area contributed by atoms with E-state index in [2.05, 4.69) is 25.2 Å². The van der Waals surface area contributed by atoms with Crippen molar-refractivity contribution in [3.63, 3.8) is 0 Å². The fourth-order valence-electron chi connectivity index (χ4n) is 1.97. The summed E-state index contributed by atoms with van der Waals surface area (Å²) in [5.41, 5.74) is 2.03. The minimum Gasteiger partial charge on any atom is -0.357 e. The van der Waals surface area contributed by atoms with Gasteiger partial charge in [-0.1, -0.05) is 0 Å². The molecule has 78 valence electrons.